The molecule has 0 saturated carbocycles. The highest BCUT2D eigenvalue weighted by Crippen LogP contribution is 2.13. The Kier molecular flexibility index (Phi) is 1.76. The Morgan fingerprint density at radius 3 is 2.15 bits per heavy atom. The monoisotopic (exact) mass is 172 g/mol. The van der Waals surface area contributed by atoms with E-state index in [-0.39, 0.29) is 5.66 Å². The summed E-state index contributed by atoms with van der Waals surface area (Å²) in [7, 11) is 0. The van der Waals surface area contributed by atoms with Gasteiger partial charge in [-0.1, -0.05) is 18.2 Å². The van der Waals surface area contributed by atoms with Gasteiger partial charge in [0.05, 0.1) is 10.7 Å². The number of hydrogen-bond donors (Lipinski definition) is 0. The van der Waals surface area contributed by atoms with Crippen molar-refractivity contribution in [3.8, 4) is 0 Å². The zero-order valence-corrected chi connectivity index (χ0v) is 7.86. The Morgan fingerprint density at radius 2 is 1.69 bits per heavy atom. The van der Waals surface area contributed by atoms with Gasteiger partial charge in [0, 0.05) is 0 Å². The molecular formula is C11H12N2. The molecule has 0 N–H and O–H groups in total. The molecule has 0 saturated heterocycles. The second kappa shape index (κ2) is 2.80. The summed E-state index contributed by atoms with van der Waals surface area (Å²) in [5, 5.41) is 1.98. The number of allylic oxidation sites excluding steroid dienone is 1. The van der Waals surface area contributed by atoms with E-state index >= 15 is 0 Å². The summed E-state index contributed by atoms with van der Waals surface area (Å²) < 4.78 is 0. The minimum Gasteiger partial charge on any atom is -0.250 e. The van der Waals surface area contributed by atoms with Crippen molar-refractivity contribution in [3.05, 3.63) is 47.1 Å². The second-order valence-corrected chi connectivity index (χ2v) is 3.31. The minimum absolute atomic E-state index is 0.377. The first-order chi connectivity index (χ1) is 6.23. The highest BCUT2D eigenvalue weighted by atomic mass is 15.1. The predicted molar refractivity (Wildman–Crippen MR) is 52.0 cm³/mol. The molecule has 1 aromatic carbocycles. The van der Waals surface area contributed by atoms with Gasteiger partial charge in [0.25, 0.3) is 0 Å². The molecule has 0 amide bonds. The third-order valence-electron chi connectivity index (χ3n) is 2.06. The Morgan fingerprint density at radius 1 is 1.15 bits per heavy atom. The fourth-order valence-corrected chi connectivity index (χ4v) is 1.56. The van der Waals surface area contributed by atoms with Gasteiger partial charge >= 0.3 is 0 Å². The van der Waals surface area contributed by atoms with E-state index in [0.29, 0.717) is 0 Å². The number of nitrogens with zero attached hydrogens (tertiary/aromatic N) is 2. The van der Waals surface area contributed by atoms with E-state index < -0.39 is 0 Å². The maximum atomic E-state index is 4.52. The van der Waals surface area contributed by atoms with Gasteiger partial charge in [0.15, 0.2) is 5.66 Å². The van der Waals surface area contributed by atoms with Gasteiger partial charge in [0.1, 0.15) is 0 Å². The van der Waals surface area contributed by atoms with Gasteiger partial charge in [0.2, 0.25) is 0 Å². The molecule has 0 unspecified atom stereocenters. The summed E-state index contributed by atoms with van der Waals surface area (Å²) in [5.41, 5.74) is -0.377. The van der Waals surface area contributed by atoms with Crippen LogP contribution in [0.3, 0.4) is 0 Å². The van der Waals surface area contributed by atoms with Crippen LogP contribution in [0, 0.1) is 0 Å². The first-order valence-electron chi connectivity index (χ1n) is 4.42. The molecule has 0 aliphatic carbocycles. The summed E-state index contributed by atoms with van der Waals surface area (Å²) in [6.45, 7) is 3.99. The molecule has 2 nitrogen and oxygen atoms in total. The molecule has 0 fully saturated rings. The van der Waals surface area contributed by atoms with Crippen LogP contribution in [-0.2, 0) is 0 Å². The quantitative estimate of drug-likeness (QED) is 0.569. The van der Waals surface area contributed by atoms with Crippen LogP contribution in [0.1, 0.15) is 13.8 Å². The van der Waals surface area contributed by atoms with Crippen molar-refractivity contribution >= 4 is 0 Å². The lowest BCUT2D eigenvalue weighted by atomic mass is 10.2. The SMILES string of the molecule is CC=CC1(C)N=c2ccccc2=N1. The average molecular weight is 172 g/mol. The fraction of sp³-hybridized carbons (Fsp3) is 0.273. The summed E-state index contributed by atoms with van der Waals surface area (Å²) in [4.78, 5) is 9.04. The van der Waals surface area contributed by atoms with Gasteiger partial charge in [-0.3, -0.25) is 0 Å². The van der Waals surface area contributed by atoms with Crippen LogP contribution in [0.2, 0.25) is 0 Å². The van der Waals surface area contributed by atoms with Crippen LogP contribution in [-0.4, -0.2) is 5.66 Å². The molecule has 0 spiro atoms. The Bertz CT molecular complexity index is 422. The van der Waals surface area contributed by atoms with Gasteiger partial charge in [-0.25, -0.2) is 9.98 Å². The molecule has 1 heterocycles. The van der Waals surface area contributed by atoms with Crippen LogP contribution >= 0.6 is 0 Å². The Balaban J connectivity index is 2.63. The van der Waals surface area contributed by atoms with E-state index in [0.717, 1.165) is 10.7 Å². The summed E-state index contributed by atoms with van der Waals surface area (Å²) in [6.07, 6.45) is 3.99. The maximum Gasteiger partial charge on any atom is 0.167 e. The minimum atomic E-state index is -0.377. The topological polar surface area (TPSA) is 24.7 Å². The molecule has 2 rings (SSSR count). The zero-order chi connectivity index (χ0) is 9.31. The van der Waals surface area contributed by atoms with E-state index in [4.69, 9.17) is 0 Å². The lowest BCUT2D eigenvalue weighted by Crippen LogP contribution is -2.19. The number of fused-ring (bicyclic) bond motifs is 1. The zero-order valence-electron chi connectivity index (χ0n) is 7.86. The Hall–Kier alpha value is -1.44. The van der Waals surface area contributed by atoms with Crippen LogP contribution in [0.25, 0.3) is 0 Å². The molecule has 0 radical (unpaired) electrons. The van der Waals surface area contributed by atoms with Crippen molar-refractivity contribution in [1.82, 2.24) is 0 Å². The highest BCUT2D eigenvalue weighted by molar-refractivity contribution is 5.12. The largest absolute Gasteiger partial charge is 0.250 e. The van der Waals surface area contributed by atoms with Crippen molar-refractivity contribution in [1.29, 1.82) is 0 Å². The van der Waals surface area contributed by atoms with Crippen LogP contribution in [0.15, 0.2) is 46.4 Å². The number of hydrogen-bond acceptors (Lipinski definition) is 2. The predicted octanol–water partition coefficient (Wildman–Crippen LogP) is 1.23. The molecule has 13 heavy (non-hydrogen) atoms. The first-order valence-corrected chi connectivity index (χ1v) is 4.42. The van der Waals surface area contributed by atoms with Crippen LogP contribution in [0.4, 0.5) is 0 Å². The molecule has 0 bridgehead atoms. The number of benzene rings is 1. The van der Waals surface area contributed by atoms with Gasteiger partial charge in [-0.15, -0.1) is 0 Å². The normalized spacial score (nSPS) is 18.0. The third-order valence-corrected chi connectivity index (χ3v) is 2.06. The standard InChI is InChI=1S/C11H12N2/c1-3-8-11(2)12-9-6-4-5-7-10(9)13-11/h3-8H,1-2H3. The van der Waals surface area contributed by atoms with Crippen molar-refractivity contribution in [2.75, 3.05) is 0 Å². The number of rotatable bonds is 1. The molecule has 0 aromatic heterocycles. The molecule has 2 heteroatoms. The second-order valence-electron chi connectivity index (χ2n) is 3.31. The van der Waals surface area contributed by atoms with Crippen molar-refractivity contribution in [2.45, 2.75) is 19.5 Å². The molecule has 1 aliphatic rings. The van der Waals surface area contributed by atoms with E-state index in [1.807, 2.05) is 50.3 Å². The van der Waals surface area contributed by atoms with Crippen molar-refractivity contribution in [3.63, 3.8) is 0 Å². The highest BCUT2D eigenvalue weighted by Gasteiger charge is 2.20. The van der Waals surface area contributed by atoms with Crippen LogP contribution in [0.5, 0.6) is 0 Å². The van der Waals surface area contributed by atoms with Gasteiger partial charge in [-0.2, -0.15) is 0 Å². The van der Waals surface area contributed by atoms with Crippen LogP contribution < -0.4 is 10.7 Å². The Labute approximate surface area is 77.4 Å². The average Bonchev–Trinajstić information content (AvgIpc) is 2.40. The fourth-order valence-electron chi connectivity index (χ4n) is 1.56. The van der Waals surface area contributed by atoms with E-state index in [2.05, 4.69) is 9.98 Å². The number of para-hydroxylation sites is 2. The summed E-state index contributed by atoms with van der Waals surface area (Å²) in [5.74, 6) is 0. The van der Waals surface area contributed by atoms with E-state index in [1.165, 1.54) is 0 Å². The van der Waals surface area contributed by atoms with E-state index in [9.17, 15) is 0 Å². The molecule has 0 atom stereocenters. The van der Waals surface area contributed by atoms with Crippen molar-refractivity contribution < 1.29 is 0 Å². The molecular weight excluding hydrogens is 160 g/mol. The maximum absolute atomic E-state index is 4.52. The molecule has 1 aliphatic heterocycles. The molecule has 1 aromatic rings. The third kappa shape index (κ3) is 1.39. The smallest absolute Gasteiger partial charge is 0.167 e. The van der Waals surface area contributed by atoms with Gasteiger partial charge < -0.3 is 0 Å². The lowest BCUT2D eigenvalue weighted by Gasteiger charge is -2.10. The lowest BCUT2D eigenvalue weighted by molar-refractivity contribution is 0.617. The van der Waals surface area contributed by atoms with E-state index in [1.54, 1.807) is 0 Å². The molecule has 66 valence electrons. The first kappa shape index (κ1) is 8.17. The van der Waals surface area contributed by atoms with Gasteiger partial charge in [-0.05, 0) is 32.1 Å². The summed E-state index contributed by atoms with van der Waals surface area (Å²) in [6, 6.07) is 7.96. The van der Waals surface area contributed by atoms with Crippen molar-refractivity contribution in [2.24, 2.45) is 9.98 Å². The summed E-state index contributed by atoms with van der Waals surface area (Å²) >= 11 is 0.